The van der Waals surface area contributed by atoms with Crippen LogP contribution >= 0.6 is 0 Å². The summed E-state index contributed by atoms with van der Waals surface area (Å²) in [5.74, 6) is 0.0353. The largest absolute Gasteiger partial charge is 0.341 e. The zero-order chi connectivity index (χ0) is 13.0. The van der Waals surface area contributed by atoms with Crippen molar-refractivity contribution in [2.45, 2.75) is 44.2 Å². The van der Waals surface area contributed by atoms with Gasteiger partial charge in [-0.15, -0.1) is 0 Å². The lowest BCUT2D eigenvalue weighted by atomic mass is 9.93. The third-order valence-corrected chi connectivity index (χ3v) is 3.89. The van der Waals surface area contributed by atoms with Crippen LogP contribution in [0.25, 0.3) is 0 Å². The topological polar surface area (TPSA) is 46.3 Å². The van der Waals surface area contributed by atoms with Gasteiger partial charge in [-0.05, 0) is 18.4 Å². The van der Waals surface area contributed by atoms with Crippen molar-refractivity contribution in [2.24, 2.45) is 5.73 Å². The van der Waals surface area contributed by atoms with Gasteiger partial charge in [-0.1, -0.05) is 49.6 Å². The van der Waals surface area contributed by atoms with Crippen LogP contribution in [0.5, 0.6) is 0 Å². The second kappa shape index (κ2) is 6.01. The molecular formula is C15H22N2O. The minimum atomic E-state index is -0.530. The van der Waals surface area contributed by atoms with Gasteiger partial charge < -0.3 is 10.6 Å². The summed E-state index contributed by atoms with van der Waals surface area (Å²) in [6, 6.07) is 9.45. The smallest absolute Gasteiger partial charge is 0.244 e. The summed E-state index contributed by atoms with van der Waals surface area (Å²) < 4.78 is 0. The van der Waals surface area contributed by atoms with Gasteiger partial charge in [0, 0.05) is 13.1 Å². The molecule has 18 heavy (non-hydrogen) atoms. The van der Waals surface area contributed by atoms with Gasteiger partial charge in [-0.25, -0.2) is 0 Å². The summed E-state index contributed by atoms with van der Waals surface area (Å²) in [6.07, 6.45) is 5.97. The fourth-order valence-corrected chi connectivity index (χ4v) is 2.67. The Hall–Kier alpha value is -1.35. The first-order valence-corrected chi connectivity index (χ1v) is 6.77. The van der Waals surface area contributed by atoms with Crippen LogP contribution in [0, 0.1) is 0 Å². The zero-order valence-corrected chi connectivity index (χ0v) is 11.0. The van der Waals surface area contributed by atoms with E-state index in [1.807, 2.05) is 42.3 Å². The van der Waals surface area contributed by atoms with E-state index >= 15 is 0 Å². The summed E-state index contributed by atoms with van der Waals surface area (Å²) in [5.41, 5.74) is 6.95. The lowest BCUT2D eigenvalue weighted by Crippen LogP contribution is -2.43. The summed E-state index contributed by atoms with van der Waals surface area (Å²) in [6.45, 7) is 0. The Kier molecular flexibility index (Phi) is 4.37. The number of benzene rings is 1. The molecule has 0 heterocycles. The van der Waals surface area contributed by atoms with Crippen molar-refractivity contribution in [1.29, 1.82) is 0 Å². The number of carbonyl (C=O) groups excluding carboxylic acids is 1. The lowest BCUT2D eigenvalue weighted by Gasteiger charge is -2.33. The first-order chi connectivity index (χ1) is 8.70. The van der Waals surface area contributed by atoms with Crippen LogP contribution < -0.4 is 5.73 Å². The van der Waals surface area contributed by atoms with Gasteiger partial charge in [-0.2, -0.15) is 0 Å². The molecule has 1 aromatic carbocycles. The van der Waals surface area contributed by atoms with Gasteiger partial charge in [0.1, 0.15) is 6.04 Å². The highest BCUT2D eigenvalue weighted by molar-refractivity contribution is 5.83. The number of amides is 1. The first kappa shape index (κ1) is 13.1. The van der Waals surface area contributed by atoms with Gasteiger partial charge in [0.15, 0.2) is 0 Å². The van der Waals surface area contributed by atoms with Gasteiger partial charge in [0.25, 0.3) is 0 Å². The maximum Gasteiger partial charge on any atom is 0.244 e. The van der Waals surface area contributed by atoms with E-state index in [1.165, 1.54) is 19.3 Å². The van der Waals surface area contributed by atoms with E-state index in [9.17, 15) is 4.79 Å². The quantitative estimate of drug-likeness (QED) is 0.890. The second-order valence-electron chi connectivity index (χ2n) is 5.13. The highest BCUT2D eigenvalue weighted by atomic mass is 16.2. The molecular weight excluding hydrogens is 224 g/mol. The number of rotatable bonds is 3. The number of hydrogen-bond donors (Lipinski definition) is 1. The van der Waals surface area contributed by atoms with Crippen molar-refractivity contribution < 1.29 is 4.79 Å². The molecule has 1 aliphatic carbocycles. The second-order valence-corrected chi connectivity index (χ2v) is 5.13. The standard InChI is InChI=1S/C15H22N2O/c1-17(13-10-6-3-7-11-13)15(18)14(16)12-8-4-2-5-9-12/h2,4-5,8-9,13-14H,3,6-7,10-11,16H2,1H3/t14-/m0/s1. The third kappa shape index (κ3) is 2.91. The zero-order valence-electron chi connectivity index (χ0n) is 11.0. The van der Waals surface area contributed by atoms with E-state index in [4.69, 9.17) is 5.73 Å². The molecule has 1 fully saturated rings. The molecule has 98 valence electrons. The van der Waals surface area contributed by atoms with Crippen LogP contribution in [0.15, 0.2) is 30.3 Å². The molecule has 0 saturated heterocycles. The van der Waals surface area contributed by atoms with E-state index in [0.717, 1.165) is 18.4 Å². The average Bonchev–Trinajstić information content (AvgIpc) is 2.47. The van der Waals surface area contributed by atoms with Crippen LogP contribution in [0.3, 0.4) is 0 Å². The highest BCUT2D eigenvalue weighted by Gasteiger charge is 2.26. The Morgan fingerprint density at radius 2 is 1.83 bits per heavy atom. The van der Waals surface area contributed by atoms with Crippen molar-refractivity contribution in [1.82, 2.24) is 4.90 Å². The van der Waals surface area contributed by atoms with Crippen molar-refractivity contribution in [3.8, 4) is 0 Å². The van der Waals surface area contributed by atoms with E-state index in [1.54, 1.807) is 0 Å². The van der Waals surface area contributed by atoms with E-state index in [2.05, 4.69) is 0 Å². The van der Waals surface area contributed by atoms with Gasteiger partial charge in [-0.3, -0.25) is 4.79 Å². The summed E-state index contributed by atoms with van der Waals surface area (Å²) in [5, 5.41) is 0. The molecule has 0 bridgehead atoms. The number of hydrogen-bond acceptors (Lipinski definition) is 2. The lowest BCUT2D eigenvalue weighted by molar-refractivity contribution is -0.134. The Balaban J connectivity index is 2.01. The maximum absolute atomic E-state index is 12.3. The van der Waals surface area contributed by atoms with E-state index in [-0.39, 0.29) is 5.91 Å². The van der Waals surface area contributed by atoms with Gasteiger partial charge in [0.05, 0.1) is 0 Å². The fraction of sp³-hybridized carbons (Fsp3) is 0.533. The van der Waals surface area contributed by atoms with Crippen LogP contribution in [0.2, 0.25) is 0 Å². The predicted molar refractivity (Wildman–Crippen MR) is 73.0 cm³/mol. The minimum absolute atomic E-state index is 0.0353. The van der Waals surface area contributed by atoms with Crippen LogP contribution in [0.1, 0.15) is 43.7 Å². The van der Waals surface area contributed by atoms with E-state index < -0.39 is 6.04 Å². The molecule has 3 heteroatoms. The number of carbonyl (C=O) groups is 1. The molecule has 1 amide bonds. The summed E-state index contributed by atoms with van der Waals surface area (Å²) >= 11 is 0. The van der Waals surface area contributed by atoms with Crippen LogP contribution in [-0.4, -0.2) is 23.9 Å². The molecule has 0 aliphatic heterocycles. The van der Waals surface area contributed by atoms with Crippen molar-refractivity contribution >= 4 is 5.91 Å². The molecule has 1 aromatic rings. The molecule has 1 atom stereocenters. The molecule has 1 aliphatic rings. The Bertz CT molecular complexity index is 385. The molecule has 0 unspecified atom stereocenters. The SMILES string of the molecule is CN(C(=O)[C@@H](N)c1ccccc1)C1CCCCC1. The van der Waals surface area contributed by atoms with Crippen molar-refractivity contribution in [3.05, 3.63) is 35.9 Å². The van der Waals surface area contributed by atoms with Gasteiger partial charge in [0.2, 0.25) is 5.91 Å². The van der Waals surface area contributed by atoms with E-state index in [0.29, 0.717) is 6.04 Å². The Morgan fingerprint density at radius 3 is 2.44 bits per heavy atom. The maximum atomic E-state index is 12.3. The molecule has 3 nitrogen and oxygen atoms in total. The molecule has 2 N–H and O–H groups in total. The number of likely N-dealkylation sites (N-methyl/N-ethyl adjacent to an activating group) is 1. The average molecular weight is 246 g/mol. The fourth-order valence-electron chi connectivity index (χ4n) is 2.67. The molecule has 0 aromatic heterocycles. The molecule has 2 rings (SSSR count). The Labute approximate surface area is 109 Å². The normalized spacial score (nSPS) is 18.3. The first-order valence-electron chi connectivity index (χ1n) is 6.77. The van der Waals surface area contributed by atoms with Crippen molar-refractivity contribution in [3.63, 3.8) is 0 Å². The van der Waals surface area contributed by atoms with Crippen molar-refractivity contribution in [2.75, 3.05) is 7.05 Å². The minimum Gasteiger partial charge on any atom is -0.341 e. The molecule has 1 saturated carbocycles. The van der Waals surface area contributed by atoms with Gasteiger partial charge >= 0.3 is 0 Å². The third-order valence-electron chi connectivity index (χ3n) is 3.89. The van der Waals surface area contributed by atoms with Crippen LogP contribution in [-0.2, 0) is 4.79 Å². The molecule has 0 radical (unpaired) electrons. The number of nitrogens with two attached hydrogens (primary N) is 1. The Morgan fingerprint density at radius 1 is 1.22 bits per heavy atom. The highest BCUT2D eigenvalue weighted by Crippen LogP contribution is 2.23. The summed E-state index contributed by atoms with van der Waals surface area (Å²) in [7, 11) is 1.89. The van der Waals surface area contributed by atoms with Crippen LogP contribution in [0.4, 0.5) is 0 Å². The number of nitrogens with zero attached hydrogens (tertiary/aromatic N) is 1. The monoisotopic (exact) mass is 246 g/mol. The predicted octanol–water partition coefficient (Wildman–Crippen LogP) is 2.48. The summed E-state index contributed by atoms with van der Waals surface area (Å²) in [4.78, 5) is 14.2. The molecule has 0 spiro atoms.